The van der Waals surface area contributed by atoms with Crippen molar-refractivity contribution in [2.24, 2.45) is 5.92 Å². The number of allylic oxidation sites excluding steroid dienone is 4. The number of aromatic nitrogens is 1. The summed E-state index contributed by atoms with van der Waals surface area (Å²) in [6, 6.07) is 42.2. The van der Waals surface area contributed by atoms with E-state index in [1.807, 2.05) is 6.07 Å². The molecule has 42 heavy (non-hydrogen) atoms. The van der Waals surface area contributed by atoms with Crippen molar-refractivity contribution in [2.45, 2.75) is 25.7 Å². The molecule has 0 fully saturated rings. The van der Waals surface area contributed by atoms with Crippen molar-refractivity contribution in [2.75, 3.05) is 0 Å². The first-order chi connectivity index (χ1) is 20.6. The molecule has 1 aromatic heterocycles. The minimum absolute atomic E-state index is 0.509. The van der Waals surface area contributed by atoms with E-state index in [0.29, 0.717) is 11.5 Å². The second kappa shape index (κ2) is 9.20. The molecule has 2 unspecified atom stereocenters. The van der Waals surface area contributed by atoms with Crippen LogP contribution in [0.3, 0.4) is 0 Å². The van der Waals surface area contributed by atoms with Crippen LogP contribution in [-0.4, -0.2) is 4.57 Å². The summed E-state index contributed by atoms with van der Waals surface area (Å²) in [4.78, 5) is 0. The lowest BCUT2D eigenvalue weighted by Gasteiger charge is -2.34. The van der Waals surface area contributed by atoms with E-state index in [9.17, 15) is 5.26 Å². The van der Waals surface area contributed by atoms with Gasteiger partial charge in [-0.15, -0.1) is 0 Å². The number of fused-ring (bicyclic) bond motifs is 6. The van der Waals surface area contributed by atoms with E-state index >= 15 is 0 Å². The Morgan fingerprint density at radius 1 is 0.738 bits per heavy atom. The zero-order valence-corrected chi connectivity index (χ0v) is 23.8. The van der Waals surface area contributed by atoms with Crippen LogP contribution in [0.5, 0.6) is 0 Å². The molecule has 1 heterocycles. The Kier molecular flexibility index (Phi) is 5.40. The highest BCUT2D eigenvalue weighted by Gasteiger charge is 2.46. The van der Waals surface area contributed by atoms with Crippen LogP contribution in [0.2, 0.25) is 0 Å². The van der Waals surface area contributed by atoms with E-state index in [-0.39, 0.29) is 0 Å². The van der Waals surface area contributed by atoms with Gasteiger partial charge in [-0.05, 0) is 89.1 Å². The molecule has 0 saturated heterocycles. The van der Waals surface area contributed by atoms with Gasteiger partial charge in [0.15, 0.2) is 0 Å². The lowest BCUT2D eigenvalue weighted by atomic mass is 9.67. The molecule has 0 amide bonds. The van der Waals surface area contributed by atoms with Crippen LogP contribution >= 0.6 is 0 Å². The third-order valence-electron chi connectivity index (χ3n) is 9.32. The zero-order chi connectivity index (χ0) is 28.4. The molecule has 0 radical (unpaired) electrons. The van der Waals surface area contributed by atoms with Gasteiger partial charge < -0.3 is 4.57 Å². The summed E-state index contributed by atoms with van der Waals surface area (Å²) in [6.07, 6.45) is 8.01. The summed E-state index contributed by atoms with van der Waals surface area (Å²) >= 11 is 0. The number of aryl methyl sites for hydroxylation is 1. The minimum Gasteiger partial charge on any atom is -0.310 e. The Balaban J connectivity index is 1.48. The van der Waals surface area contributed by atoms with E-state index in [2.05, 4.69) is 146 Å². The molecule has 8 rings (SSSR count). The standard InChI is InChI=1S/C40H30N2/c1-26-11-16-29(17-12-26)40(36-9-5-3-7-32(36)34-23-28(25-41)15-21-37(34)40)30-18-22-39-35(24-30)33-8-4-6-10-38(33)42(39)31-19-13-27(2)14-20-31/h3-13,15-24,27H,14H2,1-2H3. The van der Waals surface area contributed by atoms with E-state index in [4.69, 9.17) is 0 Å². The number of rotatable bonds is 3. The minimum atomic E-state index is -0.509. The molecule has 6 aromatic rings. The van der Waals surface area contributed by atoms with Crippen molar-refractivity contribution in [1.82, 2.24) is 4.57 Å². The predicted molar refractivity (Wildman–Crippen MR) is 173 cm³/mol. The van der Waals surface area contributed by atoms with Gasteiger partial charge in [-0.3, -0.25) is 0 Å². The van der Waals surface area contributed by atoms with Crippen molar-refractivity contribution in [3.8, 4) is 17.2 Å². The van der Waals surface area contributed by atoms with Crippen LogP contribution in [-0.2, 0) is 5.41 Å². The molecule has 2 heteroatoms. The lowest BCUT2D eigenvalue weighted by molar-refractivity contribution is 0.735. The van der Waals surface area contributed by atoms with E-state index in [0.717, 1.165) is 12.0 Å². The maximum absolute atomic E-state index is 9.79. The Morgan fingerprint density at radius 2 is 1.48 bits per heavy atom. The number of nitrogens with zero attached hydrogens (tertiary/aromatic N) is 2. The highest BCUT2D eigenvalue weighted by atomic mass is 15.0. The van der Waals surface area contributed by atoms with E-state index in [1.165, 1.54) is 60.9 Å². The lowest BCUT2D eigenvalue weighted by Crippen LogP contribution is -2.28. The van der Waals surface area contributed by atoms with Gasteiger partial charge in [0.2, 0.25) is 0 Å². The van der Waals surface area contributed by atoms with Crippen molar-refractivity contribution in [3.05, 3.63) is 161 Å². The Bertz CT molecular complexity index is 2150. The highest BCUT2D eigenvalue weighted by Crippen LogP contribution is 2.56. The van der Waals surface area contributed by atoms with Crippen molar-refractivity contribution < 1.29 is 0 Å². The summed E-state index contributed by atoms with van der Waals surface area (Å²) in [7, 11) is 0. The normalized spacial score (nSPS) is 19.0. The Morgan fingerprint density at radius 3 is 2.29 bits per heavy atom. The average molecular weight is 539 g/mol. The maximum atomic E-state index is 9.79. The monoisotopic (exact) mass is 538 g/mol. The molecule has 200 valence electrons. The maximum Gasteiger partial charge on any atom is 0.0991 e. The molecule has 2 aliphatic rings. The average Bonchev–Trinajstić information content (AvgIpc) is 3.52. The molecule has 0 bridgehead atoms. The summed E-state index contributed by atoms with van der Waals surface area (Å²) in [5, 5.41) is 12.3. The SMILES string of the molecule is Cc1ccc(C2(c3ccc4c(c3)c3ccccc3n4C3=CCC(C)C=C3)c3ccccc3-c3cc(C#N)ccc32)cc1. The smallest absolute Gasteiger partial charge is 0.0991 e. The first-order valence-corrected chi connectivity index (χ1v) is 14.7. The second-order valence-electron chi connectivity index (χ2n) is 11.8. The molecular weight excluding hydrogens is 508 g/mol. The molecule has 2 atom stereocenters. The third kappa shape index (κ3) is 3.37. The van der Waals surface area contributed by atoms with Gasteiger partial charge in [-0.1, -0.05) is 104 Å². The van der Waals surface area contributed by atoms with Gasteiger partial charge in [0, 0.05) is 16.5 Å². The number of nitriles is 1. The van der Waals surface area contributed by atoms with E-state index < -0.39 is 5.41 Å². The van der Waals surface area contributed by atoms with Crippen molar-refractivity contribution in [1.29, 1.82) is 5.26 Å². The van der Waals surface area contributed by atoms with Crippen LogP contribution in [0.1, 0.15) is 46.7 Å². The first-order valence-electron chi connectivity index (χ1n) is 14.7. The molecule has 0 saturated carbocycles. The van der Waals surface area contributed by atoms with Crippen LogP contribution < -0.4 is 0 Å². The fourth-order valence-corrected chi connectivity index (χ4v) is 7.31. The first kappa shape index (κ1) is 24.6. The van der Waals surface area contributed by atoms with Crippen LogP contribution in [0, 0.1) is 24.2 Å². The quantitative estimate of drug-likeness (QED) is 0.220. The Hall–Kier alpha value is -5.13. The van der Waals surface area contributed by atoms with Crippen molar-refractivity contribution >= 4 is 27.5 Å². The number of hydrogen-bond acceptors (Lipinski definition) is 1. The summed E-state index contributed by atoms with van der Waals surface area (Å²) in [6.45, 7) is 4.41. The molecule has 0 aliphatic heterocycles. The fourth-order valence-electron chi connectivity index (χ4n) is 7.31. The topological polar surface area (TPSA) is 28.7 Å². The van der Waals surface area contributed by atoms with Gasteiger partial charge in [-0.2, -0.15) is 5.26 Å². The third-order valence-corrected chi connectivity index (χ3v) is 9.32. The van der Waals surface area contributed by atoms with Gasteiger partial charge in [0.1, 0.15) is 0 Å². The molecule has 0 N–H and O–H groups in total. The molecule has 2 nitrogen and oxygen atoms in total. The zero-order valence-electron chi connectivity index (χ0n) is 23.8. The van der Waals surface area contributed by atoms with Gasteiger partial charge in [0.25, 0.3) is 0 Å². The number of para-hydroxylation sites is 1. The van der Waals surface area contributed by atoms with Crippen LogP contribution in [0.25, 0.3) is 38.6 Å². The molecule has 0 spiro atoms. The van der Waals surface area contributed by atoms with Crippen LogP contribution in [0.15, 0.2) is 127 Å². The van der Waals surface area contributed by atoms with E-state index in [1.54, 1.807) is 0 Å². The largest absolute Gasteiger partial charge is 0.310 e. The fraction of sp³-hybridized carbons (Fsp3) is 0.125. The molecular formula is C40H30N2. The summed E-state index contributed by atoms with van der Waals surface area (Å²) < 4.78 is 2.42. The summed E-state index contributed by atoms with van der Waals surface area (Å²) in [5.41, 5.74) is 12.4. The second-order valence-corrected chi connectivity index (χ2v) is 11.8. The molecule has 2 aliphatic carbocycles. The highest BCUT2D eigenvalue weighted by molar-refractivity contribution is 6.11. The van der Waals surface area contributed by atoms with Gasteiger partial charge in [0.05, 0.1) is 28.1 Å². The molecule has 5 aromatic carbocycles. The van der Waals surface area contributed by atoms with Crippen molar-refractivity contribution in [3.63, 3.8) is 0 Å². The van der Waals surface area contributed by atoms with Crippen LogP contribution in [0.4, 0.5) is 0 Å². The predicted octanol–water partition coefficient (Wildman–Crippen LogP) is 9.77. The number of hydrogen-bond donors (Lipinski definition) is 0. The van der Waals surface area contributed by atoms with Gasteiger partial charge >= 0.3 is 0 Å². The van der Waals surface area contributed by atoms with Gasteiger partial charge in [-0.25, -0.2) is 0 Å². The number of benzene rings is 5. The Labute approximate surface area is 246 Å². The summed E-state index contributed by atoms with van der Waals surface area (Å²) in [5.74, 6) is 0.562.